The first-order valence-electron chi connectivity index (χ1n) is 6.39. The number of hydrogen-bond acceptors (Lipinski definition) is 4. The van der Waals surface area contributed by atoms with Gasteiger partial charge in [-0.25, -0.2) is 13.6 Å². The van der Waals surface area contributed by atoms with E-state index in [1.807, 2.05) is 13.8 Å². The summed E-state index contributed by atoms with van der Waals surface area (Å²) in [5.74, 6) is -0.218. The van der Waals surface area contributed by atoms with Crippen LogP contribution < -0.4 is 16.2 Å². The van der Waals surface area contributed by atoms with E-state index in [9.17, 15) is 13.2 Å². The second kappa shape index (κ2) is 6.83. The van der Waals surface area contributed by atoms with Crippen LogP contribution in [0.3, 0.4) is 0 Å². The lowest BCUT2D eigenvalue weighted by Crippen LogP contribution is -2.32. The average molecular weight is 299 g/mol. The zero-order valence-corrected chi connectivity index (χ0v) is 12.5. The molecule has 1 rings (SSSR count). The van der Waals surface area contributed by atoms with Crippen LogP contribution in [0.15, 0.2) is 29.2 Å². The Bertz CT molecular complexity index is 555. The first kappa shape index (κ1) is 16.6. The van der Waals surface area contributed by atoms with Crippen LogP contribution in [0.2, 0.25) is 0 Å². The lowest BCUT2D eigenvalue weighted by atomic mass is 10.0. The van der Waals surface area contributed by atoms with Gasteiger partial charge in [-0.15, -0.1) is 0 Å². The van der Waals surface area contributed by atoms with Gasteiger partial charge in [-0.2, -0.15) is 0 Å². The third-order valence-electron chi connectivity index (χ3n) is 3.11. The molecule has 5 N–H and O–H groups in total. The molecule has 0 bridgehead atoms. The van der Waals surface area contributed by atoms with Crippen LogP contribution >= 0.6 is 0 Å². The average Bonchev–Trinajstić information content (AvgIpc) is 2.38. The molecule has 6 nitrogen and oxygen atoms in total. The number of benzene rings is 1. The van der Waals surface area contributed by atoms with Gasteiger partial charge in [0.2, 0.25) is 15.9 Å². The molecule has 1 amide bonds. The zero-order chi connectivity index (χ0) is 15.3. The molecular formula is C13H21N3O3S. The van der Waals surface area contributed by atoms with Crippen molar-refractivity contribution in [2.75, 3.05) is 6.54 Å². The van der Waals surface area contributed by atoms with Crippen LogP contribution in [0.25, 0.3) is 0 Å². The molecule has 0 aliphatic carbocycles. The fraction of sp³-hybridized carbons (Fsp3) is 0.462. The minimum Gasteiger partial charge on any atom is -0.349 e. The molecule has 0 aliphatic heterocycles. The summed E-state index contributed by atoms with van der Waals surface area (Å²) in [6.45, 7) is 4.12. The third-order valence-corrected chi connectivity index (χ3v) is 4.04. The highest BCUT2D eigenvalue weighted by molar-refractivity contribution is 7.89. The van der Waals surface area contributed by atoms with E-state index in [2.05, 4.69) is 5.32 Å². The summed E-state index contributed by atoms with van der Waals surface area (Å²) in [6.07, 6.45) is 0.628. The van der Waals surface area contributed by atoms with Crippen molar-refractivity contribution in [2.24, 2.45) is 16.8 Å². The third kappa shape index (κ3) is 4.59. The summed E-state index contributed by atoms with van der Waals surface area (Å²) in [5, 5.41) is 7.89. The summed E-state index contributed by atoms with van der Waals surface area (Å²) >= 11 is 0. The fourth-order valence-corrected chi connectivity index (χ4v) is 2.28. The number of primary sulfonamides is 1. The standard InChI is InChI=1S/C13H21N3O3S/c1-9(7-8-14)13(17)16-10(2)11-3-5-12(6-4-11)20(15,18)19/h3-6,9-10H,7-8,14H2,1-2H3,(H,16,17)(H2,15,18,19). The monoisotopic (exact) mass is 299 g/mol. The van der Waals surface area contributed by atoms with Gasteiger partial charge in [0.25, 0.3) is 0 Å². The van der Waals surface area contributed by atoms with Crippen molar-refractivity contribution in [3.8, 4) is 0 Å². The molecule has 1 aromatic carbocycles. The van der Waals surface area contributed by atoms with Gasteiger partial charge in [0, 0.05) is 5.92 Å². The van der Waals surface area contributed by atoms with Gasteiger partial charge in [0.05, 0.1) is 10.9 Å². The Labute approximate surface area is 119 Å². The first-order chi connectivity index (χ1) is 9.25. The normalized spacial score (nSPS) is 14.6. The lowest BCUT2D eigenvalue weighted by molar-refractivity contribution is -0.125. The molecule has 112 valence electrons. The molecule has 0 heterocycles. The van der Waals surface area contributed by atoms with Gasteiger partial charge in [-0.3, -0.25) is 4.79 Å². The predicted octanol–water partition coefficient (Wildman–Crippen LogP) is 0.496. The van der Waals surface area contributed by atoms with Crippen LogP contribution in [-0.2, 0) is 14.8 Å². The van der Waals surface area contributed by atoms with Gasteiger partial charge in [0.1, 0.15) is 0 Å². The van der Waals surface area contributed by atoms with Crippen molar-refractivity contribution >= 4 is 15.9 Å². The van der Waals surface area contributed by atoms with Crippen molar-refractivity contribution in [3.63, 3.8) is 0 Å². The number of carbonyl (C=O) groups excluding carboxylic acids is 1. The smallest absolute Gasteiger partial charge is 0.238 e. The Morgan fingerprint density at radius 2 is 1.80 bits per heavy atom. The van der Waals surface area contributed by atoms with Gasteiger partial charge in [0.15, 0.2) is 0 Å². The largest absolute Gasteiger partial charge is 0.349 e. The topological polar surface area (TPSA) is 115 Å². The minimum atomic E-state index is -3.69. The molecule has 20 heavy (non-hydrogen) atoms. The lowest BCUT2D eigenvalue weighted by Gasteiger charge is -2.17. The molecule has 2 atom stereocenters. The molecule has 7 heteroatoms. The van der Waals surface area contributed by atoms with E-state index in [-0.39, 0.29) is 22.8 Å². The summed E-state index contributed by atoms with van der Waals surface area (Å²) in [5.41, 5.74) is 6.23. The van der Waals surface area contributed by atoms with Crippen molar-refractivity contribution in [2.45, 2.75) is 31.2 Å². The Morgan fingerprint density at radius 1 is 1.25 bits per heavy atom. The SMILES string of the molecule is CC(CCN)C(=O)NC(C)c1ccc(S(N)(=O)=O)cc1. The van der Waals surface area contributed by atoms with Crippen LogP contribution in [0.1, 0.15) is 31.9 Å². The number of carbonyl (C=O) groups is 1. The fourth-order valence-electron chi connectivity index (χ4n) is 1.77. The van der Waals surface area contributed by atoms with E-state index in [1.165, 1.54) is 12.1 Å². The van der Waals surface area contributed by atoms with Gasteiger partial charge < -0.3 is 11.1 Å². The summed E-state index contributed by atoms with van der Waals surface area (Å²) in [4.78, 5) is 11.9. The predicted molar refractivity (Wildman–Crippen MR) is 77.2 cm³/mol. The quantitative estimate of drug-likeness (QED) is 0.709. The van der Waals surface area contributed by atoms with E-state index in [0.29, 0.717) is 13.0 Å². The highest BCUT2D eigenvalue weighted by Gasteiger charge is 2.16. The molecule has 0 radical (unpaired) electrons. The second-order valence-corrected chi connectivity index (χ2v) is 6.38. The van der Waals surface area contributed by atoms with Crippen molar-refractivity contribution in [1.82, 2.24) is 5.32 Å². The van der Waals surface area contributed by atoms with Crippen molar-refractivity contribution < 1.29 is 13.2 Å². The van der Waals surface area contributed by atoms with Crippen LogP contribution in [-0.4, -0.2) is 20.9 Å². The van der Waals surface area contributed by atoms with Crippen LogP contribution in [0.4, 0.5) is 0 Å². The van der Waals surface area contributed by atoms with E-state index in [0.717, 1.165) is 5.56 Å². The minimum absolute atomic E-state index is 0.0521. The first-order valence-corrected chi connectivity index (χ1v) is 7.93. The molecule has 0 fully saturated rings. The summed E-state index contributed by atoms with van der Waals surface area (Å²) in [7, 11) is -3.69. The van der Waals surface area contributed by atoms with E-state index >= 15 is 0 Å². The second-order valence-electron chi connectivity index (χ2n) is 4.82. The highest BCUT2D eigenvalue weighted by Crippen LogP contribution is 2.16. The highest BCUT2D eigenvalue weighted by atomic mass is 32.2. The van der Waals surface area contributed by atoms with E-state index in [4.69, 9.17) is 10.9 Å². The Hall–Kier alpha value is -1.44. The van der Waals surface area contributed by atoms with Gasteiger partial charge in [-0.05, 0) is 37.6 Å². The molecule has 0 spiro atoms. The van der Waals surface area contributed by atoms with Gasteiger partial charge in [-0.1, -0.05) is 19.1 Å². The van der Waals surface area contributed by atoms with E-state index in [1.54, 1.807) is 12.1 Å². The van der Waals surface area contributed by atoms with Gasteiger partial charge >= 0.3 is 0 Å². The number of nitrogens with one attached hydrogen (secondary N) is 1. The molecular weight excluding hydrogens is 278 g/mol. The number of rotatable bonds is 6. The summed E-state index contributed by atoms with van der Waals surface area (Å²) < 4.78 is 22.3. The van der Waals surface area contributed by atoms with E-state index < -0.39 is 10.0 Å². The molecule has 0 saturated heterocycles. The summed E-state index contributed by atoms with van der Waals surface area (Å²) in [6, 6.07) is 5.92. The number of hydrogen-bond donors (Lipinski definition) is 3. The van der Waals surface area contributed by atoms with Crippen molar-refractivity contribution in [3.05, 3.63) is 29.8 Å². The maximum atomic E-state index is 11.9. The molecule has 0 saturated carbocycles. The number of amides is 1. The number of sulfonamides is 1. The number of nitrogens with two attached hydrogens (primary N) is 2. The Kier molecular flexibility index (Phi) is 5.67. The molecule has 0 aromatic heterocycles. The maximum Gasteiger partial charge on any atom is 0.238 e. The molecule has 2 unspecified atom stereocenters. The molecule has 1 aromatic rings. The zero-order valence-electron chi connectivity index (χ0n) is 11.7. The molecule has 0 aliphatic rings. The van der Waals surface area contributed by atoms with Crippen LogP contribution in [0.5, 0.6) is 0 Å². The van der Waals surface area contributed by atoms with Crippen molar-refractivity contribution in [1.29, 1.82) is 0 Å². The Morgan fingerprint density at radius 3 is 2.25 bits per heavy atom. The maximum absolute atomic E-state index is 11.9. The van der Waals surface area contributed by atoms with Crippen LogP contribution in [0, 0.1) is 5.92 Å². The Balaban J connectivity index is 2.73.